The first-order chi connectivity index (χ1) is 25.5. The van der Waals surface area contributed by atoms with Gasteiger partial charge >= 0.3 is 6.09 Å². The van der Waals surface area contributed by atoms with Crippen LogP contribution in [0.3, 0.4) is 0 Å². The van der Waals surface area contributed by atoms with Crippen LogP contribution in [0, 0.1) is 0 Å². The molecule has 0 radical (unpaired) electrons. The van der Waals surface area contributed by atoms with E-state index in [-0.39, 0.29) is 48.5 Å². The van der Waals surface area contributed by atoms with Crippen LogP contribution in [0.4, 0.5) is 10.5 Å². The molecule has 1 aliphatic heterocycles. The zero-order valence-electron chi connectivity index (χ0n) is 29.9. The number of ether oxygens (including phenoxy) is 2. The molecule has 0 bridgehead atoms. The first kappa shape index (κ1) is 37.1. The van der Waals surface area contributed by atoms with Crippen molar-refractivity contribution in [1.82, 2.24) is 15.6 Å². The summed E-state index contributed by atoms with van der Waals surface area (Å²) in [6, 6.07) is 28.8. The van der Waals surface area contributed by atoms with Crippen molar-refractivity contribution in [3.63, 3.8) is 0 Å². The van der Waals surface area contributed by atoms with Crippen molar-refractivity contribution in [3.05, 3.63) is 124 Å². The van der Waals surface area contributed by atoms with E-state index in [2.05, 4.69) is 35.0 Å². The van der Waals surface area contributed by atoms with E-state index in [4.69, 9.17) is 9.47 Å². The second-order valence-electron chi connectivity index (χ2n) is 14.0. The van der Waals surface area contributed by atoms with E-state index in [0.29, 0.717) is 28.9 Å². The third kappa shape index (κ3) is 10.0. The number of aromatic amines is 1. The molecule has 2 amide bonds. The topological polar surface area (TPSA) is 162 Å². The highest BCUT2D eigenvalue weighted by Crippen LogP contribution is 2.31. The number of benzene rings is 4. The molecule has 1 fully saturated rings. The molecule has 2 heterocycles. The summed E-state index contributed by atoms with van der Waals surface area (Å²) >= 11 is 0. The average Bonchev–Trinajstić information content (AvgIpc) is 3.15. The number of nitrogens with one attached hydrogen (secondary N) is 4. The molecule has 0 aliphatic carbocycles. The van der Waals surface area contributed by atoms with Crippen molar-refractivity contribution in [2.45, 2.75) is 38.1 Å². The van der Waals surface area contributed by atoms with Crippen LogP contribution in [0.1, 0.15) is 35.6 Å². The number of anilines is 1. The number of aliphatic hydroxyl groups excluding tert-OH is 1. The first-order valence-corrected chi connectivity index (χ1v) is 17.7. The van der Waals surface area contributed by atoms with Gasteiger partial charge in [-0.05, 0) is 52.6 Å². The van der Waals surface area contributed by atoms with Crippen LogP contribution < -0.4 is 26.2 Å². The standard InChI is InChI=1S/C41H45N5O7/c1-46(2)20-18-31(19-21-46)53-41(51)44-35-22-28(10-13-32(35)29-6-4-3-5-7-29)24-43-39(50)26-52-30-11-8-27(9-12-30)23-42-25-37(48)33-14-16-36(47)40-34(33)15-17-38(49)45-40/h3-17,22,31,37,42,48H,18-21,23-26H2,1-2H3,(H3-,43,44,45,47,49,50,51)/p+1/t37-/m0/s1. The minimum absolute atomic E-state index is 0.0597. The number of piperidine rings is 1. The number of amides is 2. The number of aromatic nitrogens is 1. The molecular weight excluding hydrogens is 674 g/mol. The van der Waals surface area contributed by atoms with Gasteiger partial charge in [0, 0.05) is 49.5 Å². The van der Waals surface area contributed by atoms with Crippen LogP contribution in [0.2, 0.25) is 0 Å². The molecule has 6 N–H and O–H groups in total. The molecule has 5 aromatic rings. The fraction of sp³-hybridized carbons (Fsp3) is 0.293. The van der Waals surface area contributed by atoms with Crippen molar-refractivity contribution in [2.75, 3.05) is 45.7 Å². The number of aromatic hydroxyl groups is 1. The molecule has 1 aliphatic rings. The molecule has 53 heavy (non-hydrogen) atoms. The number of nitrogens with zero attached hydrogens (tertiary/aromatic N) is 1. The lowest BCUT2D eigenvalue weighted by Gasteiger charge is -2.36. The van der Waals surface area contributed by atoms with E-state index in [0.717, 1.165) is 52.7 Å². The van der Waals surface area contributed by atoms with E-state index in [9.17, 15) is 24.6 Å². The van der Waals surface area contributed by atoms with E-state index in [1.807, 2.05) is 60.7 Å². The summed E-state index contributed by atoms with van der Waals surface area (Å²) in [5.41, 5.74) is 4.69. The van der Waals surface area contributed by atoms with E-state index in [1.165, 1.54) is 12.1 Å². The number of phenols is 1. The molecular formula is C41H46N5O7+. The highest BCUT2D eigenvalue weighted by Gasteiger charge is 2.28. The molecule has 1 atom stereocenters. The maximum absolute atomic E-state index is 13.0. The van der Waals surface area contributed by atoms with Gasteiger partial charge in [-0.25, -0.2) is 4.79 Å². The highest BCUT2D eigenvalue weighted by molar-refractivity contribution is 5.92. The third-order valence-electron chi connectivity index (χ3n) is 9.51. The van der Waals surface area contributed by atoms with Gasteiger partial charge in [0.05, 0.1) is 44.5 Å². The molecule has 4 aromatic carbocycles. The molecule has 0 spiro atoms. The van der Waals surface area contributed by atoms with E-state index in [1.54, 1.807) is 24.3 Å². The SMILES string of the molecule is C[N+]1(C)CCC(OC(=O)Nc2cc(CNC(=O)COc3ccc(CNC[C@H](O)c4ccc(O)c5[nH]c(=O)ccc45)cc3)ccc2-c2ccccc2)CC1. The Morgan fingerprint density at radius 3 is 2.40 bits per heavy atom. The zero-order chi connectivity index (χ0) is 37.4. The number of quaternary nitrogens is 1. The molecule has 1 aromatic heterocycles. The fourth-order valence-corrected chi connectivity index (χ4v) is 6.44. The highest BCUT2D eigenvalue weighted by atomic mass is 16.6. The number of rotatable bonds is 13. The Bertz CT molecular complexity index is 2090. The largest absolute Gasteiger partial charge is 0.506 e. The zero-order valence-corrected chi connectivity index (χ0v) is 29.9. The van der Waals surface area contributed by atoms with Crippen LogP contribution in [-0.4, -0.2) is 78.1 Å². The normalized spacial score (nSPS) is 14.7. The molecule has 12 nitrogen and oxygen atoms in total. The Balaban J connectivity index is 0.976. The van der Waals surface area contributed by atoms with Crippen molar-refractivity contribution < 1.29 is 33.8 Å². The van der Waals surface area contributed by atoms with Gasteiger partial charge < -0.3 is 39.8 Å². The van der Waals surface area contributed by atoms with Crippen molar-refractivity contribution in [1.29, 1.82) is 0 Å². The van der Waals surface area contributed by atoms with Crippen LogP contribution in [0.25, 0.3) is 22.0 Å². The second-order valence-corrected chi connectivity index (χ2v) is 14.0. The monoisotopic (exact) mass is 720 g/mol. The molecule has 6 rings (SSSR count). The predicted octanol–water partition coefficient (Wildman–Crippen LogP) is 5.21. The molecule has 0 saturated carbocycles. The minimum atomic E-state index is -0.870. The Morgan fingerprint density at radius 1 is 0.906 bits per heavy atom. The number of likely N-dealkylation sites (tertiary alicyclic amines) is 1. The average molecular weight is 721 g/mol. The summed E-state index contributed by atoms with van der Waals surface area (Å²) < 4.78 is 12.4. The third-order valence-corrected chi connectivity index (χ3v) is 9.51. The number of pyridine rings is 1. The van der Waals surface area contributed by atoms with Crippen molar-refractivity contribution >= 4 is 28.6 Å². The number of hydrogen-bond donors (Lipinski definition) is 6. The molecule has 0 unspecified atom stereocenters. The minimum Gasteiger partial charge on any atom is -0.506 e. The summed E-state index contributed by atoms with van der Waals surface area (Å²) in [6.07, 6.45) is 0.157. The molecule has 1 saturated heterocycles. The Hall–Kier alpha value is -5.69. The Kier molecular flexibility index (Phi) is 11.7. The maximum atomic E-state index is 13.0. The Labute approximate surface area is 308 Å². The molecule has 12 heteroatoms. The van der Waals surface area contributed by atoms with Crippen LogP contribution in [0.15, 0.2) is 102 Å². The van der Waals surface area contributed by atoms with Crippen LogP contribution >= 0.6 is 0 Å². The van der Waals surface area contributed by atoms with Gasteiger partial charge in [0.1, 0.15) is 17.6 Å². The number of phenolic OH excluding ortho intramolecular Hbond substituents is 1. The lowest BCUT2D eigenvalue weighted by atomic mass is 10.0. The molecule has 276 valence electrons. The van der Waals surface area contributed by atoms with Gasteiger partial charge in [-0.2, -0.15) is 0 Å². The summed E-state index contributed by atoms with van der Waals surface area (Å²) in [6.45, 7) is 2.69. The van der Waals surface area contributed by atoms with Gasteiger partial charge in [-0.3, -0.25) is 14.9 Å². The maximum Gasteiger partial charge on any atom is 0.411 e. The van der Waals surface area contributed by atoms with Gasteiger partial charge in [0.2, 0.25) is 5.56 Å². The van der Waals surface area contributed by atoms with Gasteiger partial charge in [0.15, 0.2) is 6.61 Å². The second kappa shape index (κ2) is 16.8. The number of H-pyrrole nitrogens is 1. The smallest absolute Gasteiger partial charge is 0.411 e. The quantitative estimate of drug-likeness (QED) is 0.0905. The lowest BCUT2D eigenvalue weighted by Crippen LogP contribution is -2.48. The van der Waals surface area contributed by atoms with Crippen molar-refractivity contribution in [2.24, 2.45) is 0 Å². The van der Waals surface area contributed by atoms with Crippen LogP contribution in [-0.2, 0) is 22.6 Å². The lowest BCUT2D eigenvalue weighted by molar-refractivity contribution is -0.896. The summed E-state index contributed by atoms with van der Waals surface area (Å²) in [7, 11) is 4.37. The van der Waals surface area contributed by atoms with Gasteiger partial charge in [0.25, 0.3) is 5.91 Å². The number of carbonyl (C=O) groups is 2. The summed E-state index contributed by atoms with van der Waals surface area (Å²) in [4.78, 5) is 40.0. The fourth-order valence-electron chi connectivity index (χ4n) is 6.44. The number of carbonyl (C=O) groups excluding carboxylic acids is 2. The van der Waals surface area contributed by atoms with E-state index >= 15 is 0 Å². The van der Waals surface area contributed by atoms with E-state index < -0.39 is 12.2 Å². The summed E-state index contributed by atoms with van der Waals surface area (Å²) in [5.74, 6) is 0.178. The number of aliphatic hydroxyl groups is 1. The first-order valence-electron chi connectivity index (χ1n) is 17.7. The summed E-state index contributed by atoms with van der Waals surface area (Å²) in [5, 5.41) is 30.5. The van der Waals surface area contributed by atoms with Crippen molar-refractivity contribution in [3.8, 4) is 22.6 Å². The predicted molar refractivity (Wildman–Crippen MR) is 204 cm³/mol. The number of fused-ring (bicyclic) bond motifs is 1. The van der Waals surface area contributed by atoms with Crippen LogP contribution in [0.5, 0.6) is 11.5 Å². The van der Waals surface area contributed by atoms with Gasteiger partial charge in [-0.1, -0.05) is 60.7 Å². The van der Waals surface area contributed by atoms with Gasteiger partial charge in [-0.15, -0.1) is 0 Å². The Morgan fingerprint density at radius 2 is 1.64 bits per heavy atom. The number of hydrogen-bond acceptors (Lipinski definition) is 8.